The first kappa shape index (κ1) is 11.5. The smallest absolute Gasteiger partial charge is 0.282 e. The van der Waals surface area contributed by atoms with Crippen molar-refractivity contribution in [2.24, 2.45) is 0 Å². The zero-order valence-electron chi connectivity index (χ0n) is 9.78. The van der Waals surface area contributed by atoms with E-state index in [9.17, 15) is 4.79 Å². The predicted molar refractivity (Wildman–Crippen MR) is 72.0 cm³/mol. The van der Waals surface area contributed by atoms with Crippen LogP contribution in [-0.2, 0) is 12.8 Å². The monoisotopic (exact) mass is 268 g/mol. The molecule has 0 atom stereocenters. The number of hydrogen-bond donors (Lipinski definition) is 0. The van der Waals surface area contributed by atoms with Gasteiger partial charge >= 0.3 is 0 Å². The van der Waals surface area contributed by atoms with E-state index in [1.165, 1.54) is 23.4 Å². The highest BCUT2D eigenvalue weighted by Gasteiger charge is 2.24. The Labute approximate surface area is 110 Å². The van der Waals surface area contributed by atoms with Gasteiger partial charge in [0.2, 0.25) is 0 Å². The molecule has 3 nitrogen and oxygen atoms in total. The summed E-state index contributed by atoms with van der Waals surface area (Å²) in [4.78, 5) is 20.1. The number of amides is 1. The van der Waals surface area contributed by atoms with Crippen LogP contribution < -0.4 is 0 Å². The lowest BCUT2D eigenvalue weighted by atomic mass is 10.0. The van der Waals surface area contributed by atoms with E-state index < -0.39 is 0 Å². The third-order valence-corrected chi connectivity index (χ3v) is 5.41. The lowest BCUT2D eigenvalue weighted by Gasteiger charge is -2.25. The second kappa shape index (κ2) is 4.98. The molecule has 1 aromatic heterocycles. The van der Waals surface area contributed by atoms with Crippen LogP contribution in [0.25, 0.3) is 0 Å². The molecule has 0 spiro atoms. The third kappa shape index (κ3) is 2.36. The highest BCUT2D eigenvalue weighted by atomic mass is 32.2. The number of thiazole rings is 1. The standard InChI is InChI=1S/C12H16N2OS2/c15-12(14-5-7-16-8-6-14)11-13-9-3-1-2-4-10(9)17-11/h1-8H2. The van der Waals surface area contributed by atoms with Gasteiger partial charge in [-0.15, -0.1) is 11.3 Å². The number of carbonyl (C=O) groups excluding carboxylic acids is 1. The third-order valence-electron chi connectivity index (χ3n) is 3.33. The summed E-state index contributed by atoms with van der Waals surface area (Å²) >= 11 is 3.56. The van der Waals surface area contributed by atoms with Crippen molar-refractivity contribution < 1.29 is 4.79 Å². The van der Waals surface area contributed by atoms with Gasteiger partial charge in [0.05, 0.1) is 5.69 Å². The largest absolute Gasteiger partial charge is 0.335 e. The molecule has 0 radical (unpaired) electrons. The summed E-state index contributed by atoms with van der Waals surface area (Å²) in [6, 6.07) is 0. The second-order valence-corrected chi connectivity index (χ2v) is 6.81. The quantitative estimate of drug-likeness (QED) is 0.783. The van der Waals surface area contributed by atoms with Gasteiger partial charge in [-0.2, -0.15) is 11.8 Å². The topological polar surface area (TPSA) is 33.2 Å². The van der Waals surface area contributed by atoms with Crippen molar-refractivity contribution in [2.45, 2.75) is 25.7 Å². The highest BCUT2D eigenvalue weighted by molar-refractivity contribution is 7.99. The Kier molecular flexibility index (Phi) is 3.38. The first-order valence-corrected chi connectivity index (χ1v) is 8.17. The fraction of sp³-hybridized carbons (Fsp3) is 0.667. The molecule has 2 heterocycles. The maximum absolute atomic E-state index is 12.3. The Hall–Kier alpha value is -0.550. The molecule has 92 valence electrons. The van der Waals surface area contributed by atoms with Crippen molar-refractivity contribution in [3.63, 3.8) is 0 Å². The van der Waals surface area contributed by atoms with Crippen LogP contribution in [0.15, 0.2) is 0 Å². The number of thioether (sulfide) groups is 1. The normalized spacial score (nSPS) is 20.1. The fourth-order valence-corrected chi connectivity index (χ4v) is 4.37. The van der Waals surface area contributed by atoms with E-state index in [0.29, 0.717) is 0 Å². The van der Waals surface area contributed by atoms with E-state index >= 15 is 0 Å². The summed E-state index contributed by atoms with van der Waals surface area (Å²) in [7, 11) is 0. The molecule has 0 bridgehead atoms. The SMILES string of the molecule is O=C(c1nc2c(s1)CCCC2)N1CCSCC1. The van der Waals surface area contributed by atoms with E-state index in [1.807, 2.05) is 16.7 Å². The Balaban J connectivity index is 1.78. The van der Waals surface area contributed by atoms with Crippen LogP contribution in [0.5, 0.6) is 0 Å². The average Bonchev–Trinajstić information content (AvgIpc) is 2.82. The van der Waals surface area contributed by atoms with Crippen LogP contribution in [0.1, 0.15) is 33.2 Å². The van der Waals surface area contributed by atoms with E-state index in [4.69, 9.17) is 0 Å². The lowest BCUT2D eigenvalue weighted by Crippen LogP contribution is -2.37. The van der Waals surface area contributed by atoms with Crippen LogP contribution in [0.4, 0.5) is 0 Å². The van der Waals surface area contributed by atoms with Crippen LogP contribution in [0.3, 0.4) is 0 Å². The molecule has 2 aliphatic rings. The number of fused-ring (bicyclic) bond motifs is 1. The summed E-state index contributed by atoms with van der Waals surface area (Å²) in [6.45, 7) is 1.77. The first-order chi connectivity index (χ1) is 8.34. The minimum absolute atomic E-state index is 0.157. The molecule has 5 heteroatoms. The first-order valence-electron chi connectivity index (χ1n) is 6.20. The molecule has 1 aromatic rings. The maximum atomic E-state index is 12.3. The lowest BCUT2D eigenvalue weighted by molar-refractivity contribution is 0.0771. The van der Waals surface area contributed by atoms with Gasteiger partial charge < -0.3 is 4.90 Å². The van der Waals surface area contributed by atoms with Crippen LogP contribution in [-0.4, -0.2) is 40.4 Å². The van der Waals surface area contributed by atoms with Gasteiger partial charge in [0.1, 0.15) is 0 Å². The summed E-state index contributed by atoms with van der Waals surface area (Å²) in [5, 5.41) is 0.726. The zero-order valence-corrected chi connectivity index (χ0v) is 11.4. The van der Waals surface area contributed by atoms with Crippen molar-refractivity contribution >= 4 is 29.0 Å². The Morgan fingerprint density at radius 1 is 1.18 bits per heavy atom. The number of hydrogen-bond acceptors (Lipinski definition) is 4. The Bertz CT molecular complexity index is 401. The average molecular weight is 268 g/mol. The van der Waals surface area contributed by atoms with Gasteiger partial charge in [0.15, 0.2) is 5.01 Å². The summed E-state index contributed by atoms with van der Waals surface area (Å²) in [5.74, 6) is 2.29. The number of carbonyl (C=O) groups is 1. The molecule has 1 aliphatic carbocycles. The molecule has 0 saturated carbocycles. The van der Waals surface area contributed by atoms with Crippen molar-refractivity contribution in [1.29, 1.82) is 0 Å². The minimum Gasteiger partial charge on any atom is -0.335 e. The van der Waals surface area contributed by atoms with Crippen molar-refractivity contribution in [3.05, 3.63) is 15.6 Å². The zero-order chi connectivity index (χ0) is 11.7. The molecular weight excluding hydrogens is 252 g/mol. The second-order valence-electron chi connectivity index (χ2n) is 4.50. The Morgan fingerprint density at radius 3 is 2.71 bits per heavy atom. The summed E-state index contributed by atoms with van der Waals surface area (Å²) < 4.78 is 0. The molecule has 0 aromatic carbocycles. The molecule has 1 saturated heterocycles. The number of aromatic nitrogens is 1. The van der Waals surface area contributed by atoms with Crippen molar-refractivity contribution in [1.82, 2.24) is 9.88 Å². The number of rotatable bonds is 1. The van der Waals surface area contributed by atoms with Gasteiger partial charge in [-0.05, 0) is 25.7 Å². The number of nitrogens with zero attached hydrogens (tertiary/aromatic N) is 2. The minimum atomic E-state index is 0.157. The molecule has 1 amide bonds. The summed E-state index contributed by atoms with van der Waals surface area (Å²) in [5.41, 5.74) is 1.19. The molecule has 1 aliphatic heterocycles. The molecule has 0 N–H and O–H groups in total. The molecule has 1 fully saturated rings. The van der Waals surface area contributed by atoms with Gasteiger partial charge in [0.25, 0.3) is 5.91 Å². The van der Waals surface area contributed by atoms with Crippen molar-refractivity contribution in [3.8, 4) is 0 Å². The van der Waals surface area contributed by atoms with E-state index in [0.717, 1.165) is 42.4 Å². The van der Waals surface area contributed by atoms with E-state index in [2.05, 4.69) is 4.98 Å². The molecular formula is C12H16N2OS2. The van der Waals surface area contributed by atoms with Gasteiger partial charge in [0, 0.05) is 29.5 Å². The highest BCUT2D eigenvalue weighted by Crippen LogP contribution is 2.27. The maximum Gasteiger partial charge on any atom is 0.282 e. The summed E-state index contributed by atoms with van der Waals surface area (Å²) in [6.07, 6.45) is 4.67. The van der Waals surface area contributed by atoms with Crippen molar-refractivity contribution in [2.75, 3.05) is 24.6 Å². The van der Waals surface area contributed by atoms with Gasteiger partial charge in [-0.25, -0.2) is 4.98 Å². The Morgan fingerprint density at radius 2 is 1.94 bits per heavy atom. The van der Waals surface area contributed by atoms with Crippen LogP contribution in [0.2, 0.25) is 0 Å². The van der Waals surface area contributed by atoms with E-state index in [1.54, 1.807) is 11.3 Å². The number of aryl methyl sites for hydroxylation is 2. The predicted octanol–water partition coefficient (Wildman–Crippen LogP) is 2.21. The molecule has 3 rings (SSSR count). The van der Waals surface area contributed by atoms with Gasteiger partial charge in [-0.3, -0.25) is 4.79 Å². The van der Waals surface area contributed by atoms with Gasteiger partial charge in [-0.1, -0.05) is 0 Å². The van der Waals surface area contributed by atoms with Crippen LogP contribution in [0, 0.1) is 0 Å². The van der Waals surface area contributed by atoms with E-state index in [-0.39, 0.29) is 5.91 Å². The molecule has 17 heavy (non-hydrogen) atoms. The molecule has 0 unspecified atom stereocenters. The fourth-order valence-electron chi connectivity index (χ4n) is 2.35. The van der Waals surface area contributed by atoms with Crippen LogP contribution >= 0.6 is 23.1 Å².